The van der Waals surface area contributed by atoms with E-state index in [9.17, 15) is 9.59 Å². The van der Waals surface area contributed by atoms with Crippen LogP contribution >= 0.6 is 11.6 Å². The number of rotatable bonds is 7. The Kier molecular flexibility index (Phi) is 6.83. The van der Waals surface area contributed by atoms with Gasteiger partial charge in [-0.25, -0.2) is 0 Å². The molecule has 25 heavy (non-hydrogen) atoms. The molecule has 2 amide bonds. The lowest BCUT2D eigenvalue weighted by Crippen LogP contribution is -2.33. The van der Waals surface area contributed by atoms with Crippen LogP contribution in [0.15, 0.2) is 53.2 Å². The summed E-state index contributed by atoms with van der Waals surface area (Å²) in [7, 11) is 1.74. The first kappa shape index (κ1) is 18.8. The van der Waals surface area contributed by atoms with Crippen molar-refractivity contribution in [2.24, 2.45) is 0 Å². The molecular weight excluding hydrogens is 340 g/mol. The van der Waals surface area contributed by atoms with Crippen LogP contribution in [0, 0.1) is 0 Å². The molecule has 2 rings (SSSR count). The lowest BCUT2D eigenvalue weighted by atomic mass is 10.1. The van der Waals surface area contributed by atoms with Crippen LogP contribution in [0.3, 0.4) is 0 Å². The fourth-order valence-corrected chi connectivity index (χ4v) is 2.48. The molecule has 132 valence electrons. The smallest absolute Gasteiger partial charge is 0.244 e. The maximum Gasteiger partial charge on any atom is 0.244 e. The van der Waals surface area contributed by atoms with Crippen LogP contribution in [0.4, 0.5) is 0 Å². The van der Waals surface area contributed by atoms with Crippen molar-refractivity contribution < 1.29 is 14.0 Å². The van der Waals surface area contributed by atoms with E-state index in [4.69, 9.17) is 16.0 Å². The van der Waals surface area contributed by atoms with Crippen LogP contribution in [-0.2, 0) is 9.59 Å². The van der Waals surface area contributed by atoms with Crippen molar-refractivity contribution in [1.29, 1.82) is 0 Å². The molecule has 0 saturated heterocycles. The number of carbonyl (C=O) groups excluding carboxylic acids is 2. The molecule has 0 bridgehead atoms. The van der Waals surface area contributed by atoms with Crippen LogP contribution < -0.4 is 5.32 Å². The zero-order valence-electron chi connectivity index (χ0n) is 14.2. The van der Waals surface area contributed by atoms with E-state index < -0.39 is 0 Å². The summed E-state index contributed by atoms with van der Waals surface area (Å²) in [5.41, 5.74) is 0.966. The Labute approximate surface area is 152 Å². The van der Waals surface area contributed by atoms with Crippen molar-refractivity contribution in [3.8, 4) is 0 Å². The molecule has 1 heterocycles. The first-order chi connectivity index (χ1) is 12.0. The number of furan rings is 1. The first-order valence-corrected chi connectivity index (χ1v) is 8.35. The minimum atomic E-state index is -0.269. The van der Waals surface area contributed by atoms with Crippen LogP contribution in [0.2, 0.25) is 5.02 Å². The molecule has 5 nitrogen and oxygen atoms in total. The Morgan fingerprint density at radius 1 is 1.32 bits per heavy atom. The Morgan fingerprint density at radius 3 is 2.80 bits per heavy atom. The lowest BCUT2D eigenvalue weighted by molar-refractivity contribution is -0.131. The molecule has 0 aliphatic carbocycles. The molecule has 1 unspecified atom stereocenters. The second-order valence-corrected chi connectivity index (χ2v) is 6.06. The molecule has 2 aromatic rings. The number of amides is 2. The second-order valence-electron chi connectivity index (χ2n) is 5.63. The molecular formula is C19H21ClN2O3. The van der Waals surface area contributed by atoms with Crippen LogP contribution in [0.5, 0.6) is 0 Å². The van der Waals surface area contributed by atoms with Crippen molar-refractivity contribution in [1.82, 2.24) is 10.2 Å². The molecule has 1 aromatic heterocycles. The van der Waals surface area contributed by atoms with Gasteiger partial charge in [0, 0.05) is 31.1 Å². The van der Waals surface area contributed by atoms with E-state index >= 15 is 0 Å². The minimum Gasteiger partial charge on any atom is -0.465 e. The normalized spacial score (nSPS) is 12.1. The van der Waals surface area contributed by atoms with E-state index in [0.717, 1.165) is 5.56 Å². The van der Waals surface area contributed by atoms with E-state index in [-0.39, 0.29) is 30.8 Å². The number of nitrogens with zero attached hydrogens (tertiary/aromatic N) is 1. The van der Waals surface area contributed by atoms with Crippen molar-refractivity contribution in [3.05, 3.63) is 65.1 Å². The van der Waals surface area contributed by atoms with Crippen molar-refractivity contribution >= 4 is 29.5 Å². The fraction of sp³-hybridized carbons (Fsp3) is 0.263. The van der Waals surface area contributed by atoms with E-state index in [0.29, 0.717) is 10.8 Å². The summed E-state index contributed by atoms with van der Waals surface area (Å²) < 4.78 is 5.10. The van der Waals surface area contributed by atoms with Crippen molar-refractivity contribution in [3.63, 3.8) is 0 Å². The van der Waals surface area contributed by atoms with E-state index in [2.05, 4.69) is 5.32 Å². The second kappa shape index (κ2) is 9.08. The topological polar surface area (TPSA) is 62.6 Å². The van der Waals surface area contributed by atoms with Gasteiger partial charge in [0.05, 0.1) is 12.3 Å². The highest BCUT2D eigenvalue weighted by Crippen LogP contribution is 2.22. The summed E-state index contributed by atoms with van der Waals surface area (Å²) in [5.74, 6) is 0.277. The molecule has 1 aromatic carbocycles. The minimum absolute atomic E-state index is 0.0530. The van der Waals surface area contributed by atoms with Gasteiger partial charge in [-0.05, 0) is 42.8 Å². The highest BCUT2D eigenvalue weighted by atomic mass is 35.5. The highest BCUT2D eigenvalue weighted by molar-refractivity contribution is 6.30. The van der Waals surface area contributed by atoms with Gasteiger partial charge in [0.15, 0.2) is 0 Å². The number of benzene rings is 1. The first-order valence-electron chi connectivity index (χ1n) is 7.98. The van der Waals surface area contributed by atoms with Gasteiger partial charge in [0.1, 0.15) is 5.76 Å². The monoisotopic (exact) mass is 360 g/mol. The summed E-state index contributed by atoms with van der Waals surface area (Å²) in [6.45, 7) is 2.21. The fourth-order valence-electron chi connectivity index (χ4n) is 2.28. The van der Waals surface area contributed by atoms with Crippen LogP contribution in [0.25, 0.3) is 6.08 Å². The van der Waals surface area contributed by atoms with Gasteiger partial charge in [-0.15, -0.1) is 0 Å². The van der Waals surface area contributed by atoms with E-state index in [1.807, 2.05) is 25.1 Å². The van der Waals surface area contributed by atoms with Crippen molar-refractivity contribution in [2.75, 3.05) is 13.6 Å². The average Bonchev–Trinajstić information content (AvgIpc) is 3.12. The predicted molar refractivity (Wildman–Crippen MR) is 98.0 cm³/mol. The van der Waals surface area contributed by atoms with Gasteiger partial charge >= 0.3 is 0 Å². The molecule has 0 radical (unpaired) electrons. The summed E-state index contributed by atoms with van der Waals surface area (Å²) in [4.78, 5) is 25.6. The molecule has 0 aliphatic rings. The molecule has 1 N–H and O–H groups in total. The van der Waals surface area contributed by atoms with Gasteiger partial charge < -0.3 is 14.6 Å². The number of halogens is 1. The zero-order chi connectivity index (χ0) is 18.2. The largest absolute Gasteiger partial charge is 0.465 e. The van der Waals surface area contributed by atoms with Crippen molar-refractivity contribution in [2.45, 2.75) is 19.4 Å². The maximum absolute atomic E-state index is 12.3. The highest BCUT2D eigenvalue weighted by Gasteiger charge is 2.17. The third-order valence-corrected chi connectivity index (χ3v) is 4.12. The van der Waals surface area contributed by atoms with Crippen LogP contribution in [-0.4, -0.2) is 30.3 Å². The van der Waals surface area contributed by atoms with E-state index in [1.165, 1.54) is 12.3 Å². The lowest BCUT2D eigenvalue weighted by Gasteiger charge is -2.25. The zero-order valence-corrected chi connectivity index (χ0v) is 15.0. The molecule has 6 heteroatoms. The summed E-state index contributed by atoms with van der Waals surface area (Å²) in [6, 6.07) is 10.8. The summed E-state index contributed by atoms with van der Waals surface area (Å²) in [5, 5.41) is 3.32. The molecule has 1 atom stereocenters. The molecule has 0 fully saturated rings. The van der Waals surface area contributed by atoms with Gasteiger partial charge in [-0.2, -0.15) is 0 Å². The quantitative estimate of drug-likeness (QED) is 0.766. The number of carbonyl (C=O) groups is 2. The number of hydrogen-bond donors (Lipinski definition) is 1. The van der Waals surface area contributed by atoms with Gasteiger partial charge in [-0.3, -0.25) is 9.59 Å². The van der Waals surface area contributed by atoms with Gasteiger partial charge in [0.2, 0.25) is 11.8 Å². The molecule has 0 aliphatic heterocycles. The maximum atomic E-state index is 12.3. The predicted octanol–water partition coefficient (Wildman–Crippen LogP) is 3.67. The third-order valence-electron chi connectivity index (χ3n) is 3.89. The SMILES string of the molecule is CC(c1cccc(Cl)c1)N(C)C(=O)CCNC(=O)/C=C/c1ccco1. The van der Waals surface area contributed by atoms with Crippen LogP contribution in [0.1, 0.15) is 30.7 Å². The number of nitrogens with one attached hydrogen (secondary N) is 1. The van der Waals surface area contributed by atoms with Gasteiger partial charge in [0.25, 0.3) is 0 Å². The van der Waals surface area contributed by atoms with Gasteiger partial charge in [-0.1, -0.05) is 23.7 Å². The Balaban J connectivity index is 1.78. The Hall–Kier alpha value is -2.53. The Bertz CT molecular complexity index is 741. The average molecular weight is 361 g/mol. The third kappa shape index (κ3) is 5.80. The Morgan fingerprint density at radius 2 is 2.12 bits per heavy atom. The summed E-state index contributed by atoms with van der Waals surface area (Å²) >= 11 is 5.99. The standard InChI is InChI=1S/C19H21ClN2O3/c1-14(15-5-3-6-16(20)13-15)22(2)19(24)10-11-21-18(23)9-8-17-7-4-12-25-17/h3-9,12-14H,10-11H2,1-2H3,(H,21,23)/b9-8+. The van der Waals surface area contributed by atoms with E-state index in [1.54, 1.807) is 36.2 Å². The molecule has 0 saturated carbocycles. The molecule has 0 spiro atoms. The summed E-state index contributed by atoms with van der Waals surface area (Å²) in [6.07, 6.45) is 4.71. The number of hydrogen-bond acceptors (Lipinski definition) is 3.